The first-order chi connectivity index (χ1) is 29.2. The van der Waals surface area contributed by atoms with E-state index in [4.69, 9.17) is 9.31 Å². The molecule has 0 aliphatic carbocycles. The zero-order valence-corrected chi connectivity index (χ0v) is 34.1. The molecule has 0 saturated carbocycles. The fourth-order valence-electron chi connectivity index (χ4n) is 9.57. The highest BCUT2D eigenvalue weighted by atomic mass is 16.7. The fourth-order valence-corrected chi connectivity index (χ4v) is 9.57. The van der Waals surface area contributed by atoms with Crippen LogP contribution in [0.25, 0.3) is 93.6 Å². The lowest BCUT2D eigenvalue weighted by atomic mass is 9.79. The van der Waals surface area contributed by atoms with Crippen molar-refractivity contribution in [3.05, 3.63) is 182 Å². The molecule has 11 aromatic rings. The molecular weight excluding hydrogens is 733 g/mol. The molecule has 6 heteroatoms. The quantitative estimate of drug-likeness (QED) is 0.163. The van der Waals surface area contributed by atoms with Crippen LogP contribution in [-0.4, -0.2) is 32.0 Å². The van der Waals surface area contributed by atoms with E-state index in [2.05, 4.69) is 223 Å². The monoisotopic (exact) mass is 775 g/mol. The number of aromatic nitrogens is 3. The maximum absolute atomic E-state index is 6.52. The maximum atomic E-state index is 6.52. The average Bonchev–Trinajstić information content (AvgIpc) is 3.96. The molecule has 0 unspecified atom stereocenters. The van der Waals surface area contributed by atoms with Crippen LogP contribution in [0.4, 0.5) is 0 Å². The molecule has 288 valence electrons. The van der Waals surface area contributed by atoms with Gasteiger partial charge in [-0.25, -0.2) is 0 Å². The largest absolute Gasteiger partial charge is 0.494 e. The van der Waals surface area contributed by atoms with Gasteiger partial charge in [-0.1, -0.05) is 97.1 Å². The van der Waals surface area contributed by atoms with Crippen molar-refractivity contribution in [3.63, 3.8) is 0 Å². The Morgan fingerprint density at radius 3 is 1.23 bits per heavy atom. The average molecular weight is 776 g/mol. The first kappa shape index (κ1) is 35.1. The zero-order valence-electron chi connectivity index (χ0n) is 34.1. The zero-order chi connectivity index (χ0) is 40.3. The van der Waals surface area contributed by atoms with Crippen molar-refractivity contribution in [2.45, 2.75) is 38.9 Å². The molecule has 0 amide bonds. The third kappa shape index (κ3) is 5.14. The van der Waals surface area contributed by atoms with Crippen molar-refractivity contribution in [2.24, 2.45) is 0 Å². The maximum Gasteiger partial charge on any atom is 0.494 e. The molecule has 3 aromatic heterocycles. The van der Waals surface area contributed by atoms with Gasteiger partial charge in [0.25, 0.3) is 0 Å². The molecule has 4 heterocycles. The van der Waals surface area contributed by atoms with Gasteiger partial charge in [0.05, 0.1) is 44.3 Å². The van der Waals surface area contributed by atoms with Crippen LogP contribution in [0.5, 0.6) is 0 Å². The van der Waals surface area contributed by atoms with Crippen LogP contribution in [0.3, 0.4) is 0 Å². The molecule has 8 aromatic carbocycles. The van der Waals surface area contributed by atoms with Gasteiger partial charge in [-0.05, 0) is 129 Å². The normalized spacial score (nSPS) is 15.1. The molecule has 1 aliphatic rings. The Labute approximate surface area is 348 Å². The summed E-state index contributed by atoms with van der Waals surface area (Å²) in [7, 11) is -0.447. The van der Waals surface area contributed by atoms with Gasteiger partial charge in [-0.3, -0.25) is 0 Å². The molecule has 5 nitrogen and oxygen atoms in total. The fraction of sp³-hybridized carbons (Fsp3) is 0.111. The predicted octanol–water partition coefficient (Wildman–Crippen LogP) is 12.9. The molecule has 0 radical (unpaired) electrons. The molecule has 1 aliphatic heterocycles. The lowest BCUT2D eigenvalue weighted by molar-refractivity contribution is 0.00578. The van der Waals surface area contributed by atoms with E-state index in [1.807, 2.05) is 0 Å². The van der Waals surface area contributed by atoms with Crippen molar-refractivity contribution >= 4 is 78.0 Å². The van der Waals surface area contributed by atoms with E-state index in [1.165, 1.54) is 65.5 Å². The molecule has 0 spiro atoms. The van der Waals surface area contributed by atoms with Gasteiger partial charge in [0, 0.05) is 49.4 Å². The van der Waals surface area contributed by atoms with Gasteiger partial charge in [0.15, 0.2) is 0 Å². The third-order valence-electron chi connectivity index (χ3n) is 13.3. The highest BCUT2D eigenvalue weighted by molar-refractivity contribution is 6.62. The Morgan fingerprint density at radius 1 is 0.333 bits per heavy atom. The summed E-state index contributed by atoms with van der Waals surface area (Å²) >= 11 is 0. The number of rotatable bonds is 5. The minimum atomic E-state index is -0.447. The summed E-state index contributed by atoms with van der Waals surface area (Å²) in [6.07, 6.45) is 0. The van der Waals surface area contributed by atoms with Crippen molar-refractivity contribution in [2.75, 3.05) is 0 Å². The smallest absolute Gasteiger partial charge is 0.399 e. The van der Waals surface area contributed by atoms with Crippen LogP contribution in [0, 0.1) is 0 Å². The third-order valence-corrected chi connectivity index (χ3v) is 13.3. The standard InChI is InChI=1S/C54H42BN3O2/c1-53(2)54(3,4)60-55(59-53)37-26-27-42-43-30-35(24-28-48(43)57(50(42)32-37)39-18-10-6-11-19-39)36-25-29-49-44(31-36)46-34-51-45(33-52(46)58(49)40-20-12-7-13-21-40)41-22-14-15-23-47(41)56(51)38-16-8-5-9-17-38/h5-34H,1-4H3. The van der Waals surface area contributed by atoms with E-state index in [-0.39, 0.29) is 0 Å². The Balaban J connectivity index is 1.08. The van der Waals surface area contributed by atoms with Crippen LogP contribution in [-0.2, 0) is 9.31 Å². The number of fused-ring (bicyclic) bond motifs is 9. The van der Waals surface area contributed by atoms with Crippen molar-refractivity contribution in [3.8, 4) is 28.2 Å². The molecular formula is C54H42BN3O2. The van der Waals surface area contributed by atoms with Crippen molar-refractivity contribution in [1.29, 1.82) is 0 Å². The second-order valence-corrected chi connectivity index (χ2v) is 17.2. The lowest BCUT2D eigenvalue weighted by Gasteiger charge is -2.32. The molecule has 0 bridgehead atoms. The number of hydrogen-bond donors (Lipinski definition) is 0. The number of nitrogens with zero attached hydrogens (tertiary/aromatic N) is 3. The lowest BCUT2D eigenvalue weighted by Crippen LogP contribution is -2.41. The summed E-state index contributed by atoms with van der Waals surface area (Å²) in [5.74, 6) is 0. The molecule has 60 heavy (non-hydrogen) atoms. The van der Waals surface area contributed by atoms with Gasteiger partial charge in [-0.2, -0.15) is 0 Å². The highest BCUT2D eigenvalue weighted by Gasteiger charge is 2.51. The molecule has 12 rings (SSSR count). The first-order valence-corrected chi connectivity index (χ1v) is 20.9. The van der Waals surface area contributed by atoms with Gasteiger partial charge < -0.3 is 23.0 Å². The molecule has 0 N–H and O–H groups in total. The van der Waals surface area contributed by atoms with Gasteiger partial charge in [-0.15, -0.1) is 0 Å². The SMILES string of the molecule is CC1(C)OB(c2ccc3c4cc(-c5ccc6c(c5)c5cc7c(cc5n6-c5ccccc5)c5ccccc5n7-c5ccccc5)ccc4n(-c4ccccc4)c3c2)OC1(C)C. The van der Waals surface area contributed by atoms with E-state index in [9.17, 15) is 0 Å². The minimum Gasteiger partial charge on any atom is -0.399 e. The van der Waals surface area contributed by atoms with E-state index in [1.54, 1.807) is 0 Å². The number of benzene rings is 8. The molecule has 0 atom stereocenters. The van der Waals surface area contributed by atoms with Crippen LogP contribution in [0.1, 0.15) is 27.7 Å². The summed E-state index contributed by atoms with van der Waals surface area (Å²) < 4.78 is 20.3. The number of para-hydroxylation sites is 4. The highest BCUT2D eigenvalue weighted by Crippen LogP contribution is 2.42. The Morgan fingerprint density at radius 2 is 0.717 bits per heavy atom. The Hall–Kier alpha value is -6.86. The van der Waals surface area contributed by atoms with Crippen molar-refractivity contribution < 1.29 is 9.31 Å². The summed E-state index contributed by atoms with van der Waals surface area (Å²) in [5, 5.41) is 7.32. The summed E-state index contributed by atoms with van der Waals surface area (Å²) in [5.41, 5.74) is 13.0. The summed E-state index contributed by atoms with van der Waals surface area (Å²) in [6.45, 7) is 8.43. The van der Waals surface area contributed by atoms with Gasteiger partial charge >= 0.3 is 7.12 Å². The van der Waals surface area contributed by atoms with Crippen molar-refractivity contribution in [1.82, 2.24) is 13.7 Å². The number of hydrogen-bond acceptors (Lipinski definition) is 2. The van der Waals surface area contributed by atoms with Gasteiger partial charge in [0.2, 0.25) is 0 Å². The van der Waals surface area contributed by atoms with E-state index in [0.717, 1.165) is 33.6 Å². The first-order valence-electron chi connectivity index (χ1n) is 20.9. The van der Waals surface area contributed by atoms with E-state index >= 15 is 0 Å². The topological polar surface area (TPSA) is 33.2 Å². The summed E-state index contributed by atoms with van der Waals surface area (Å²) in [4.78, 5) is 0. The second-order valence-electron chi connectivity index (χ2n) is 17.2. The second kappa shape index (κ2) is 12.8. The summed E-state index contributed by atoms with van der Waals surface area (Å²) in [6, 6.07) is 66.3. The van der Waals surface area contributed by atoms with Gasteiger partial charge in [0.1, 0.15) is 0 Å². The van der Waals surface area contributed by atoms with Crippen LogP contribution < -0.4 is 5.46 Å². The van der Waals surface area contributed by atoms with E-state index in [0.29, 0.717) is 0 Å². The molecule has 1 saturated heterocycles. The minimum absolute atomic E-state index is 0.422. The molecule has 1 fully saturated rings. The van der Waals surface area contributed by atoms with Crippen LogP contribution in [0.15, 0.2) is 182 Å². The van der Waals surface area contributed by atoms with Crippen LogP contribution >= 0.6 is 0 Å². The van der Waals surface area contributed by atoms with E-state index < -0.39 is 18.3 Å². The Bertz CT molecular complexity index is 3470. The van der Waals surface area contributed by atoms with Crippen LogP contribution in [0.2, 0.25) is 0 Å². The predicted molar refractivity (Wildman–Crippen MR) is 251 cm³/mol. The Kier molecular flexibility index (Phi) is 7.50.